The van der Waals surface area contributed by atoms with E-state index < -0.39 is 0 Å². The van der Waals surface area contributed by atoms with E-state index in [1.807, 2.05) is 0 Å². The van der Waals surface area contributed by atoms with Gasteiger partial charge in [-0.25, -0.2) is 4.39 Å². The van der Waals surface area contributed by atoms with Gasteiger partial charge in [-0.3, -0.25) is 4.79 Å². The van der Waals surface area contributed by atoms with Crippen LogP contribution >= 0.6 is 12.4 Å². The molecule has 2 aliphatic rings. The molecule has 3 nitrogen and oxygen atoms in total. The Morgan fingerprint density at radius 2 is 1.78 bits per heavy atom. The first-order chi connectivity index (χ1) is 10.6. The first kappa shape index (κ1) is 18.2. The van der Waals surface area contributed by atoms with E-state index >= 15 is 0 Å². The Morgan fingerprint density at radius 1 is 1.17 bits per heavy atom. The van der Waals surface area contributed by atoms with Crippen molar-refractivity contribution in [3.63, 3.8) is 0 Å². The summed E-state index contributed by atoms with van der Waals surface area (Å²) in [4.78, 5) is 12.3. The molecule has 0 spiro atoms. The number of hydrogen-bond donors (Lipinski definition) is 2. The summed E-state index contributed by atoms with van der Waals surface area (Å²) in [5, 5.41) is 3.06. The highest BCUT2D eigenvalue weighted by Crippen LogP contribution is 2.47. The Hall–Kier alpha value is -1.13. The van der Waals surface area contributed by atoms with E-state index in [2.05, 4.69) is 5.32 Å². The fraction of sp³-hybridized carbons (Fsp3) is 0.611. The van der Waals surface area contributed by atoms with E-state index in [9.17, 15) is 9.18 Å². The van der Waals surface area contributed by atoms with Gasteiger partial charge in [0, 0.05) is 18.0 Å². The van der Waals surface area contributed by atoms with E-state index in [0.717, 1.165) is 37.7 Å². The second-order valence-corrected chi connectivity index (χ2v) is 6.99. The van der Waals surface area contributed by atoms with Crippen molar-refractivity contribution in [3.05, 3.63) is 35.6 Å². The van der Waals surface area contributed by atoms with Crippen molar-refractivity contribution in [2.75, 3.05) is 6.54 Å². The van der Waals surface area contributed by atoms with Crippen LogP contribution in [0.1, 0.15) is 56.4 Å². The fourth-order valence-corrected chi connectivity index (χ4v) is 3.57. The number of carbonyl (C=O) groups is 1. The third-order valence-corrected chi connectivity index (χ3v) is 5.14. The van der Waals surface area contributed by atoms with Crippen LogP contribution in [0.25, 0.3) is 0 Å². The SMILES string of the molecule is Cl.NC1(CNC(=O)C2CC2c2ccc(F)cc2)CCCCCC1. The normalized spacial score (nSPS) is 25.8. The molecule has 3 N–H and O–H groups in total. The minimum atomic E-state index is -0.233. The van der Waals surface area contributed by atoms with Crippen LogP contribution in [0.3, 0.4) is 0 Å². The molecule has 1 amide bonds. The Bertz CT molecular complexity index is 526. The molecule has 0 radical (unpaired) electrons. The largest absolute Gasteiger partial charge is 0.354 e. The van der Waals surface area contributed by atoms with Crippen molar-refractivity contribution in [2.45, 2.75) is 56.4 Å². The molecular formula is C18H26ClFN2O. The predicted molar refractivity (Wildman–Crippen MR) is 92.1 cm³/mol. The maximum absolute atomic E-state index is 12.9. The highest BCUT2D eigenvalue weighted by molar-refractivity contribution is 5.85. The molecule has 2 unspecified atom stereocenters. The van der Waals surface area contributed by atoms with Gasteiger partial charge in [-0.05, 0) is 42.9 Å². The molecule has 5 heteroatoms. The summed E-state index contributed by atoms with van der Waals surface area (Å²) in [6.07, 6.45) is 7.68. The monoisotopic (exact) mass is 340 g/mol. The van der Waals surface area contributed by atoms with Gasteiger partial charge in [0.1, 0.15) is 5.82 Å². The predicted octanol–water partition coefficient (Wildman–Crippen LogP) is 3.52. The van der Waals surface area contributed by atoms with E-state index in [1.165, 1.54) is 25.0 Å². The summed E-state index contributed by atoms with van der Waals surface area (Å²) in [6.45, 7) is 0.582. The number of amides is 1. The van der Waals surface area contributed by atoms with E-state index in [1.54, 1.807) is 12.1 Å². The third kappa shape index (κ3) is 4.67. The maximum Gasteiger partial charge on any atom is 0.223 e. The molecule has 23 heavy (non-hydrogen) atoms. The minimum absolute atomic E-state index is 0. The van der Waals surface area contributed by atoms with Crippen molar-refractivity contribution >= 4 is 18.3 Å². The summed E-state index contributed by atoms with van der Waals surface area (Å²) in [7, 11) is 0. The molecule has 2 aliphatic carbocycles. The Balaban J connectivity index is 0.00000192. The highest BCUT2D eigenvalue weighted by atomic mass is 35.5. The lowest BCUT2D eigenvalue weighted by molar-refractivity contribution is -0.122. The Labute approximate surface area is 143 Å². The van der Waals surface area contributed by atoms with Gasteiger partial charge in [0.2, 0.25) is 5.91 Å². The summed E-state index contributed by atoms with van der Waals surface area (Å²) in [6, 6.07) is 6.48. The number of hydrogen-bond acceptors (Lipinski definition) is 2. The number of carbonyl (C=O) groups excluding carboxylic acids is 1. The van der Waals surface area contributed by atoms with Crippen molar-refractivity contribution in [2.24, 2.45) is 11.7 Å². The molecule has 128 valence electrons. The zero-order valence-corrected chi connectivity index (χ0v) is 14.2. The van der Waals surface area contributed by atoms with Gasteiger partial charge in [-0.1, -0.05) is 37.8 Å². The molecule has 2 saturated carbocycles. The minimum Gasteiger partial charge on any atom is -0.354 e. The second kappa shape index (κ2) is 7.63. The summed E-state index contributed by atoms with van der Waals surface area (Å²) in [5.41, 5.74) is 7.26. The quantitative estimate of drug-likeness (QED) is 0.824. The number of benzene rings is 1. The van der Waals surface area contributed by atoms with Gasteiger partial charge in [0.25, 0.3) is 0 Å². The van der Waals surface area contributed by atoms with Gasteiger partial charge in [-0.15, -0.1) is 12.4 Å². The van der Waals surface area contributed by atoms with E-state index in [4.69, 9.17) is 5.73 Å². The molecule has 2 atom stereocenters. The highest BCUT2D eigenvalue weighted by Gasteiger charge is 2.44. The first-order valence-electron chi connectivity index (χ1n) is 8.39. The molecule has 3 rings (SSSR count). The van der Waals surface area contributed by atoms with Gasteiger partial charge in [-0.2, -0.15) is 0 Å². The smallest absolute Gasteiger partial charge is 0.223 e. The van der Waals surface area contributed by atoms with E-state index in [0.29, 0.717) is 6.54 Å². The molecule has 0 saturated heterocycles. The lowest BCUT2D eigenvalue weighted by Crippen LogP contribution is -2.50. The number of halogens is 2. The molecule has 0 aromatic heterocycles. The summed E-state index contributed by atoms with van der Waals surface area (Å²) >= 11 is 0. The summed E-state index contributed by atoms with van der Waals surface area (Å²) in [5.74, 6) is 0.135. The molecule has 0 bridgehead atoms. The average molecular weight is 341 g/mol. The first-order valence-corrected chi connectivity index (χ1v) is 8.39. The zero-order chi connectivity index (χ0) is 15.6. The molecule has 1 aromatic rings. The lowest BCUT2D eigenvalue weighted by Gasteiger charge is -2.28. The molecule has 2 fully saturated rings. The average Bonchev–Trinajstić information content (AvgIpc) is 3.31. The van der Waals surface area contributed by atoms with Gasteiger partial charge < -0.3 is 11.1 Å². The number of rotatable bonds is 4. The maximum atomic E-state index is 12.9. The van der Waals surface area contributed by atoms with Crippen LogP contribution in [0.15, 0.2) is 24.3 Å². The van der Waals surface area contributed by atoms with Crippen LogP contribution in [0.2, 0.25) is 0 Å². The third-order valence-electron chi connectivity index (χ3n) is 5.14. The Morgan fingerprint density at radius 3 is 2.39 bits per heavy atom. The van der Waals surface area contributed by atoms with Crippen molar-refractivity contribution in [1.82, 2.24) is 5.32 Å². The molecule has 1 aromatic carbocycles. The molecular weight excluding hydrogens is 315 g/mol. The number of nitrogens with two attached hydrogens (primary N) is 1. The van der Waals surface area contributed by atoms with Gasteiger partial charge in [0.05, 0.1) is 0 Å². The van der Waals surface area contributed by atoms with Crippen LogP contribution in [-0.4, -0.2) is 18.0 Å². The zero-order valence-electron chi connectivity index (χ0n) is 13.4. The fourth-order valence-electron chi connectivity index (χ4n) is 3.57. The van der Waals surface area contributed by atoms with Crippen molar-refractivity contribution in [3.8, 4) is 0 Å². The standard InChI is InChI=1S/C18H25FN2O.ClH/c19-14-7-5-13(6-8-14)15-11-16(15)17(22)21-12-18(20)9-3-1-2-4-10-18;/h5-8,15-16H,1-4,9-12,20H2,(H,21,22);1H. The van der Waals surface area contributed by atoms with Crippen LogP contribution in [0, 0.1) is 11.7 Å². The van der Waals surface area contributed by atoms with Gasteiger partial charge >= 0.3 is 0 Å². The van der Waals surface area contributed by atoms with Crippen LogP contribution in [0.4, 0.5) is 4.39 Å². The number of nitrogens with one attached hydrogen (secondary N) is 1. The van der Waals surface area contributed by atoms with Crippen LogP contribution < -0.4 is 11.1 Å². The van der Waals surface area contributed by atoms with Gasteiger partial charge in [0.15, 0.2) is 0 Å². The molecule has 0 aliphatic heterocycles. The second-order valence-electron chi connectivity index (χ2n) is 6.99. The van der Waals surface area contributed by atoms with Crippen molar-refractivity contribution < 1.29 is 9.18 Å². The van der Waals surface area contributed by atoms with E-state index in [-0.39, 0.29) is 41.5 Å². The molecule has 0 heterocycles. The van der Waals surface area contributed by atoms with Crippen LogP contribution in [0.5, 0.6) is 0 Å². The van der Waals surface area contributed by atoms with Crippen molar-refractivity contribution in [1.29, 1.82) is 0 Å². The topological polar surface area (TPSA) is 55.1 Å². The van der Waals surface area contributed by atoms with Crippen LogP contribution in [-0.2, 0) is 4.79 Å². The summed E-state index contributed by atoms with van der Waals surface area (Å²) < 4.78 is 12.9. The Kier molecular flexibility index (Phi) is 6.04. The lowest BCUT2D eigenvalue weighted by atomic mass is 9.91.